The van der Waals surface area contributed by atoms with Gasteiger partial charge >= 0.3 is 0 Å². The Bertz CT molecular complexity index is 870. The van der Waals surface area contributed by atoms with E-state index in [1.54, 1.807) is 38.3 Å². The van der Waals surface area contributed by atoms with E-state index in [9.17, 15) is 9.59 Å². The van der Waals surface area contributed by atoms with Crippen LogP contribution in [-0.2, 0) is 11.3 Å². The fourth-order valence-corrected chi connectivity index (χ4v) is 3.25. The van der Waals surface area contributed by atoms with Gasteiger partial charge < -0.3 is 15.0 Å². The molecule has 1 N–H and O–H groups in total. The first-order valence-corrected chi connectivity index (χ1v) is 9.23. The van der Waals surface area contributed by atoms with Gasteiger partial charge in [0.25, 0.3) is 5.56 Å². The molecule has 2 aromatic rings. The molecule has 2 heterocycles. The molecule has 3 rings (SSSR count). The number of anilines is 2. The van der Waals surface area contributed by atoms with E-state index in [-0.39, 0.29) is 18.0 Å². The number of hydrogen-bond acceptors (Lipinski definition) is 5. The van der Waals surface area contributed by atoms with E-state index in [2.05, 4.69) is 22.1 Å². The number of rotatable bonds is 5. The summed E-state index contributed by atoms with van der Waals surface area (Å²) in [7, 11) is 1.57. The van der Waals surface area contributed by atoms with Crippen LogP contribution in [0.1, 0.15) is 25.5 Å². The van der Waals surface area contributed by atoms with Gasteiger partial charge in [0.2, 0.25) is 11.9 Å². The summed E-state index contributed by atoms with van der Waals surface area (Å²) >= 11 is 0. The van der Waals surface area contributed by atoms with Crippen molar-refractivity contribution in [2.75, 3.05) is 30.4 Å². The lowest BCUT2D eigenvalue weighted by Crippen LogP contribution is -2.39. The Labute approximate surface area is 159 Å². The molecule has 7 heteroatoms. The molecule has 0 bridgehead atoms. The van der Waals surface area contributed by atoms with Gasteiger partial charge in [0, 0.05) is 36.6 Å². The van der Waals surface area contributed by atoms with Crippen molar-refractivity contribution < 1.29 is 9.53 Å². The zero-order chi connectivity index (χ0) is 19.4. The molecular formula is C20H26N4O3. The molecule has 1 saturated heterocycles. The summed E-state index contributed by atoms with van der Waals surface area (Å²) in [6.45, 7) is 5.64. The zero-order valence-corrected chi connectivity index (χ0v) is 16.1. The Hall–Kier alpha value is -2.83. The molecule has 1 aromatic heterocycles. The second kappa shape index (κ2) is 8.24. The minimum absolute atomic E-state index is 0.0787. The molecule has 0 atom stereocenters. The van der Waals surface area contributed by atoms with Gasteiger partial charge in [0.05, 0.1) is 7.11 Å². The molecule has 1 fully saturated rings. The summed E-state index contributed by atoms with van der Waals surface area (Å²) in [5.74, 6) is 1.63. The average Bonchev–Trinajstić information content (AvgIpc) is 2.64. The first-order chi connectivity index (χ1) is 13.0. The number of ether oxygens (including phenoxy) is 1. The lowest BCUT2D eigenvalue weighted by atomic mass is 10.00. The van der Waals surface area contributed by atoms with Gasteiger partial charge in [-0.15, -0.1) is 0 Å². The highest BCUT2D eigenvalue weighted by Crippen LogP contribution is 2.21. The van der Waals surface area contributed by atoms with Crippen molar-refractivity contribution in [3.05, 3.63) is 46.4 Å². The van der Waals surface area contributed by atoms with Crippen molar-refractivity contribution in [2.24, 2.45) is 5.92 Å². The van der Waals surface area contributed by atoms with Crippen LogP contribution in [0, 0.1) is 12.8 Å². The standard InChI is InChI=1S/C20H26N4O3/c1-14-7-9-23(10-8-14)20-21-15(2)11-19(26)24(20)13-18(25)22-16-5-4-6-17(12-16)27-3/h4-6,11-12,14H,7-10,13H2,1-3H3,(H,22,25). The SMILES string of the molecule is COc1cccc(NC(=O)Cn2c(N3CCC(C)CC3)nc(C)cc2=O)c1. The summed E-state index contributed by atoms with van der Waals surface area (Å²) in [6.07, 6.45) is 2.11. The summed E-state index contributed by atoms with van der Waals surface area (Å²) in [5, 5.41) is 2.82. The largest absolute Gasteiger partial charge is 0.497 e. The Morgan fingerprint density at radius 1 is 1.30 bits per heavy atom. The van der Waals surface area contributed by atoms with Crippen molar-refractivity contribution in [2.45, 2.75) is 33.2 Å². The van der Waals surface area contributed by atoms with Crippen molar-refractivity contribution in [3.63, 3.8) is 0 Å². The molecule has 27 heavy (non-hydrogen) atoms. The van der Waals surface area contributed by atoms with E-state index in [1.807, 2.05) is 0 Å². The monoisotopic (exact) mass is 370 g/mol. The third-order valence-corrected chi connectivity index (χ3v) is 4.84. The minimum atomic E-state index is -0.275. The Morgan fingerprint density at radius 3 is 2.74 bits per heavy atom. The van der Waals surface area contributed by atoms with Crippen molar-refractivity contribution >= 4 is 17.5 Å². The smallest absolute Gasteiger partial charge is 0.255 e. The summed E-state index contributed by atoms with van der Waals surface area (Å²) < 4.78 is 6.63. The molecule has 1 amide bonds. The van der Waals surface area contributed by atoms with Gasteiger partial charge in [-0.1, -0.05) is 13.0 Å². The number of aryl methyl sites for hydroxylation is 1. The molecule has 144 valence electrons. The maximum absolute atomic E-state index is 12.6. The van der Waals surface area contributed by atoms with E-state index in [4.69, 9.17) is 4.74 Å². The predicted molar refractivity (Wildman–Crippen MR) is 105 cm³/mol. The van der Waals surface area contributed by atoms with Crippen LogP contribution in [0.2, 0.25) is 0 Å². The third-order valence-electron chi connectivity index (χ3n) is 4.84. The van der Waals surface area contributed by atoms with Gasteiger partial charge in [0.15, 0.2) is 0 Å². The van der Waals surface area contributed by atoms with E-state index in [0.717, 1.165) is 25.9 Å². The molecule has 0 spiro atoms. The van der Waals surface area contributed by atoms with Gasteiger partial charge in [-0.2, -0.15) is 0 Å². The Kier molecular flexibility index (Phi) is 5.78. The Morgan fingerprint density at radius 2 is 2.04 bits per heavy atom. The van der Waals surface area contributed by atoms with Crippen LogP contribution in [0.25, 0.3) is 0 Å². The molecule has 0 unspecified atom stereocenters. The normalized spacial score (nSPS) is 14.9. The number of aromatic nitrogens is 2. The van der Waals surface area contributed by atoms with Crippen molar-refractivity contribution in [1.82, 2.24) is 9.55 Å². The second-order valence-corrected chi connectivity index (χ2v) is 7.07. The van der Waals surface area contributed by atoms with Crippen LogP contribution in [0.5, 0.6) is 5.75 Å². The van der Waals surface area contributed by atoms with Gasteiger partial charge in [-0.25, -0.2) is 4.98 Å². The third kappa shape index (κ3) is 4.67. The molecule has 7 nitrogen and oxygen atoms in total. The van der Waals surface area contributed by atoms with Crippen LogP contribution < -0.4 is 20.5 Å². The molecule has 1 aromatic carbocycles. The fraction of sp³-hybridized carbons (Fsp3) is 0.450. The number of nitrogens with zero attached hydrogens (tertiary/aromatic N) is 3. The van der Waals surface area contributed by atoms with Crippen LogP contribution in [0.3, 0.4) is 0 Å². The zero-order valence-electron chi connectivity index (χ0n) is 16.1. The number of carbonyl (C=O) groups excluding carboxylic acids is 1. The molecule has 1 aliphatic heterocycles. The lowest BCUT2D eigenvalue weighted by molar-refractivity contribution is -0.116. The van der Waals surface area contributed by atoms with Crippen LogP contribution >= 0.6 is 0 Å². The van der Waals surface area contributed by atoms with E-state index in [1.165, 1.54) is 10.6 Å². The number of nitrogens with one attached hydrogen (secondary N) is 1. The highest BCUT2D eigenvalue weighted by molar-refractivity contribution is 5.90. The molecule has 0 aliphatic carbocycles. The quantitative estimate of drug-likeness (QED) is 0.875. The maximum atomic E-state index is 12.6. The molecule has 0 saturated carbocycles. The van der Waals surface area contributed by atoms with E-state index >= 15 is 0 Å². The first-order valence-electron chi connectivity index (χ1n) is 9.23. The number of piperidine rings is 1. The lowest BCUT2D eigenvalue weighted by Gasteiger charge is -2.32. The summed E-state index contributed by atoms with van der Waals surface area (Å²) in [5.41, 5.74) is 1.08. The van der Waals surface area contributed by atoms with Gasteiger partial charge in [0.1, 0.15) is 12.3 Å². The molecule has 1 aliphatic rings. The molecular weight excluding hydrogens is 344 g/mol. The minimum Gasteiger partial charge on any atom is -0.497 e. The number of methoxy groups -OCH3 is 1. The van der Waals surface area contributed by atoms with Gasteiger partial charge in [-0.05, 0) is 37.8 Å². The van der Waals surface area contributed by atoms with Crippen LogP contribution in [0.15, 0.2) is 35.1 Å². The number of amides is 1. The predicted octanol–water partition coefficient (Wildman–Crippen LogP) is 2.44. The summed E-state index contributed by atoms with van der Waals surface area (Å²) in [6, 6.07) is 8.59. The highest BCUT2D eigenvalue weighted by Gasteiger charge is 2.21. The Balaban J connectivity index is 1.81. The number of benzene rings is 1. The topological polar surface area (TPSA) is 76.5 Å². The average molecular weight is 370 g/mol. The van der Waals surface area contributed by atoms with E-state index < -0.39 is 0 Å². The van der Waals surface area contributed by atoms with Crippen molar-refractivity contribution in [1.29, 1.82) is 0 Å². The second-order valence-electron chi connectivity index (χ2n) is 7.07. The van der Waals surface area contributed by atoms with Gasteiger partial charge in [-0.3, -0.25) is 14.2 Å². The van der Waals surface area contributed by atoms with Crippen molar-refractivity contribution in [3.8, 4) is 5.75 Å². The van der Waals surface area contributed by atoms with E-state index in [0.29, 0.717) is 29.0 Å². The highest BCUT2D eigenvalue weighted by atomic mass is 16.5. The maximum Gasteiger partial charge on any atom is 0.255 e. The number of carbonyl (C=O) groups is 1. The first kappa shape index (κ1) is 18.9. The molecule has 0 radical (unpaired) electrons. The van der Waals surface area contributed by atoms with Crippen LogP contribution in [0.4, 0.5) is 11.6 Å². The van der Waals surface area contributed by atoms with Crippen LogP contribution in [-0.4, -0.2) is 35.7 Å². The summed E-state index contributed by atoms with van der Waals surface area (Å²) in [4.78, 5) is 31.8. The fourth-order valence-electron chi connectivity index (χ4n) is 3.25. The number of hydrogen-bond donors (Lipinski definition) is 1.